The van der Waals surface area contributed by atoms with Crippen LogP contribution in [0.25, 0.3) is 16.8 Å². The van der Waals surface area contributed by atoms with Gasteiger partial charge in [0.2, 0.25) is 9.04 Å². The lowest BCUT2D eigenvalue weighted by Gasteiger charge is -2.19. The van der Waals surface area contributed by atoms with Gasteiger partial charge in [0, 0.05) is 18.8 Å². The minimum atomic E-state index is -1.59. The summed E-state index contributed by atoms with van der Waals surface area (Å²) in [6.07, 6.45) is 9.81. The molecule has 1 aliphatic carbocycles. The van der Waals surface area contributed by atoms with Crippen LogP contribution in [-0.4, -0.2) is 33.9 Å². The first-order chi connectivity index (χ1) is 13.1. The fourth-order valence-electron chi connectivity index (χ4n) is 3.73. The van der Waals surface area contributed by atoms with Crippen molar-refractivity contribution in [3.63, 3.8) is 0 Å². The number of aryl methyl sites for hydroxylation is 1. The second-order valence-electron chi connectivity index (χ2n) is 7.11. The van der Waals surface area contributed by atoms with E-state index in [0.717, 1.165) is 41.1 Å². The first-order valence-corrected chi connectivity index (χ1v) is 11.1. The van der Waals surface area contributed by atoms with Crippen LogP contribution in [0.15, 0.2) is 41.7 Å². The zero-order valence-electron chi connectivity index (χ0n) is 15.7. The Kier molecular flexibility index (Phi) is 4.88. The molecule has 2 heterocycles. The molecule has 6 nitrogen and oxygen atoms in total. The third-order valence-corrected chi connectivity index (χ3v) is 6.92. The molecule has 1 N–H and O–H groups in total. The Morgan fingerprint density at radius 3 is 2.85 bits per heavy atom. The van der Waals surface area contributed by atoms with Crippen molar-refractivity contribution in [2.45, 2.75) is 44.8 Å². The average molecular weight is 383 g/mol. The molecule has 0 unspecified atom stereocenters. The summed E-state index contributed by atoms with van der Waals surface area (Å²) in [6, 6.07) is 6.69. The smallest absolute Gasteiger partial charge is 0.276 e. The number of imidazole rings is 1. The molecule has 1 radical (unpaired) electrons. The minimum absolute atomic E-state index is 0.0915. The van der Waals surface area contributed by atoms with Crippen molar-refractivity contribution in [3.8, 4) is 17.0 Å². The number of ether oxygens (including phenoxy) is 1. The lowest BCUT2D eigenvalue weighted by Crippen LogP contribution is -2.29. The first kappa shape index (κ1) is 18.0. The van der Waals surface area contributed by atoms with Crippen LogP contribution < -0.4 is 15.5 Å². The molecule has 141 valence electrons. The van der Waals surface area contributed by atoms with Crippen LogP contribution in [0.2, 0.25) is 6.04 Å². The van der Waals surface area contributed by atoms with Gasteiger partial charge in [-0.3, -0.25) is 9.20 Å². The Bertz CT molecular complexity index is 1020. The van der Waals surface area contributed by atoms with Gasteiger partial charge in [-0.15, -0.1) is 0 Å². The van der Waals surface area contributed by atoms with Gasteiger partial charge in [0.05, 0.1) is 24.3 Å². The summed E-state index contributed by atoms with van der Waals surface area (Å²) in [6.45, 7) is 2.00. The predicted octanol–water partition coefficient (Wildman–Crippen LogP) is 2.23. The Morgan fingerprint density at radius 2 is 2.11 bits per heavy atom. The summed E-state index contributed by atoms with van der Waals surface area (Å²) < 4.78 is 9.71. The maximum Gasteiger partial charge on any atom is 0.276 e. The van der Waals surface area contributed by atoms with Gasteiger partial charge in [-0.2, -0.15) is 0 Å². The predicted molar refractivity (Wildman–Crippen MR) is 107 cm³/mol. The van der Waals surface area contributed by atoms with E-state index in [-0.39, 0.29) is 11.7 Å². The van der Waals surface area contributed by atoms with Gasteiger partial charge in [0.1, 0.15) is 11.3 Å². The van der Waals surface area contributed by atoms with Gasteiger partial charge in [0.25, 0.3) is 5.56 Å². The lowest BCUT2D eigenvalue weighted by atomic mass is 10.1. The van der Waals surface area contributed by atoms with E-state index in [9.17, 15) is 9.59 Å². The third kappa shape index (κ3) is 3.32. The highest BCUT2D eigenvalue weighted by molar-refractivity contribution is 6.66. The maximum absolute atomic E-state index is 12.4. The molecule has 3 aromatic rings. The number of fused-ring (bicyclic) bond motifs is 1. The summed E-state index contributed by atoms with van der Waals surface area (Å²) >= 11 is 0. The van der Waals surface area contributed by atoms with Crippen molar-refractivity contribution in [1.29, 1.82) is 0 Å². The highest BCUT2D eigenvalue weighted by atomic mass is 28.3. The molecule has 1 aromatic carbocycles. The van der Waals surface area contributed by atoms with Crippen molar-refractivity contribution >= 4 is 19.7 Å². The number of hydrogen-bond acceptors (Lipinski definition) is 4. The van der Waals surface area contributed by atoms with Gasteiger partial charge in [-0.1, -0.05) is 13.0 Å². The van der Waals surface area contributed by atoms with Crippen LogP contribution in [0.1, 0.15) is 32.6 Å². The van der Waals surface area contributed by atoms with Crippen LogP contribution in [0.5, 0.6) is 5.75 Å². The summed E-state index contributed by atoms with van der Waals surface area (Å²) in [7, 11) is 0.158. The molecule has 0 bridgehead atoms. The molecular weight excluding hydrogens is 358 g/mol. The number of rotatable bonds is 5. The van der Waals surface area contributed by atoms with Crippen LogP contribution in [0.3, 0.4) is 0 Å². The van der Waals surface area contributed by atoms with Crippen molar-refractivity contribution in [2.24, 2.45) is 7.05 Å². The molecular formula is C20H24N3O3Si. The highest BCUT2D eigenvalue weighted by Gasteiger charge is 2.21. The molecule has 0 spiro atoms. The van der Waals surface area contributed by atoms with E-state index in [2.05, 4.69) is 4.98 Å². The number of aromatic nitrogens is 3. The number of hydrogen-bond donors (Lipinski definition) is 1. The molecule has 2 aromatic heterocycles. The number of benzene rings is 1. The second kappa shape index (κ2) is 7.32. The zero-order valence-corrected chi connectivity index (χ0v) is 16.7. The Balaban J connectivity index is 1.90. The summed E-state index contributed by atoms with van der Waals surface area (Å²) in [5.74, 6) is 0.796. The molecule has 7 heteroatoms. The maximum atomic E-state index is 12.4. The van der Waals surface area contributed by atoms with Crippen LogP contribution in [0.4, 0.5) is 0 Å². The molecule has 0 aliphatic heterocycles. The minimum Gasteiger partial charge on any atom is -0.490 e. The second-order valence-corrected chi connectivity index (χ2v) is 9.29. The molecule has 1 aliphatic rings. The van der Waals surface area contributed by atoms with E-state index in [1.807, 2.05) is 31.3 Å². The molecule has 0 saturated heterocycles. The summed E-state index contributed by atoms with van der Waals surface area (Å²) in [5, 5.41) is 0.943. The van der Waals surface area contributed by atoms with Crippen molar-refractivity contribution in [3.05, 3.63) is 47.3 Å². The van der Waals surface area contributed by atoms with Crippen molar-refractivity contribution < 1.29 is 9.53 Å². The molecule has 27 heavy (non-hydrogen) atoms. The van der Waals surface area contributed by atoms with Crippen LogP contribution in [0, 0.1) is 0 Å². The summed E-state index contributed by atoms with van der Waals surface area (Å²) in [5.41, 5.74) is 2.16. The van der Waals surface area contributed by atoms with E-state index < -0.39 is 9.04 Å². The van der Waals surface area contributed by atoms with Gasteiger partial charge in [0.15, 0.2) is 0 Å². The molecule has 1 fully saturated rings. The Hall–Kier alpha value is -2.38. The monoisotopic (exact) mass is 382 g/mol. The third-order valence-electron chi connectivity index (χ3n) is 5.27. The summed E-state index contributed by atoms with van der Waals surface area (Å²) in [4.78, 5) is 27.0. The molecule has 0 amide bonds. The number of nitrogens with zero attached hydrogens (tertiary/aromatic N) is 3. The topological polar surface area (TPSA) is 68.8 Å². The van der Waals surface area contributed by atoms with E-state index in [1.54, 1.807) is 28.5 Å². The van der Waals surface area contributed by atoms with E-state index >= 15 is 0 Å². The quantitative estimate of drug-likeness (QED) is 0.687. The Labute approximate surface area is 159 Å². The van der Waals surface area contributed by atoms with Crippen LogP contribution in [-0.2, 0) is 7.05 Å². The van der Waals surface area contributed by atoms with Crippen LogP contribution >= 0.6 is 0 Å². The van der Waals surface area contributed by atoms with E-state index in [4.69, 9.17) is 4.74 Å². The zero-order chi connectivity index (χ0) is 19.0. The Morgan fingerprint density at radius 1 is 1.33 bits per heavy atom. The highest BCUT2D eigenvalue weighted by Crippen LogP contribution is 2.32. The molecule has 4 rings (SSSR count). The van der Waals surface area contributed by atoms with Gasteiger partial charge < -0.3 is 14.1 Å². The largest absolute Gasteiger partial charge is 0.490 e. The normalized spacial score (nSPS) is 15.1. The van der Waals surface area contributed by atoms with Crippen molar-refractivity contribution in [2.75, 3.05) is 0 Å². The average Bonchev–Trinajstić information content (AvgIpc) is 3.36. The van der Waals surface area contributed by atoms with Crippen molar-refractivity contribution in [1.82, 2.24) is 14.0 Å². The fraction of sp³-hybridized carbons (Fsp3) is 0.400. The van der Waals surface area contributed by atoms with E-state index in [1.165, 1.54) is 12.8 Å². The SMILES string of the molecule is CC[Si](O)c1ccc(OC2CCCC2)c(-c2cn(C)c(=O)c3cncn23)c1. The lowest BCUT2D eigenvalue weighted by molar-refractivity contribution is 0.211. The van der Waals surface area contributed by atoms with E-state index in [0.29, 0.717) is 5.52 Å². The van der Waals surface area contributed by atoms with Gasteiger partial charge in [-0.25, -0.2) is 4.98 Å². The van der Waals surface area contributed by atoms with Gasteiger partial charge >= 0.3 is 0 Å². The molecule has 0 atom stereocenters. The standard InChI is InChI=1S/C20H24N3O3Si/c1-3-27(25)15-8-9-19(26-14-6-4-5-7-14)16(10-15)18-12-22(2)20(24)17-11-21-13-23(17)18/h8-14,25H,3-7H2,1-2H3. The molecule has 1 saturated carbocycles. The fourth-order valence-corrected chi connectivity index (χ4v) is 4.73. The first-order valence-electron chi connectivity index (χ1n) is 9.46. The van der Waals surface area contributed by atoms with Gasteiger partial charge in [-0.05, 0) is 49.0 Å².